The molecule has 7 heteroatoms. The van der Waals surface area contributed by atoms with Gasteiger partial charge in [0, 0.05) is 5.56 Å². The number of hydrogen-bond donors (Lipinski definition) is 1. The van der Waals surface area contributed by atoms with Gasteiger partial charge in [0.25, 0.3) is 0 Å². The van der Waals surface area contributed by atoms with Crippen LogP contribution in [0.5, 0.6) is 0 Å². The molecule has 1 aromatic carbocycles. The molecule has 2 heterocycles. The van der Waals surface area contributed by atoms with E-state index in [1.54, 1.807) is 19.1 Å². The van der Waals surface area contributed by atoms with E-state index in [0.717, 1.165) is 0 Å². The Morgan fingerprint density at radius 1 is 1.36 bits per heavy atom. The fraction of sp³-hybridized carbons (Fsp3) is 0.0667. The van der Waals surface area contributed by atoms with Gasteiger partial charge in [-0.2, -0.15) is 5.10 Å². The molecule has 3 aromatic rings. The average molecular weight is 297 g/mol. The molecule has 0 aliphatic heterocycles. The SMILES string of the molecule is Cc1cc(-n2cncn2)cc(C(=O)O)c1-c1ccc(C=O)o1. The van der Waals surface area contributed by atoms with Gasteiger partial charge in [-0.1, -0.05) is 0 Å². The highest BCUT2D eigenvalue weighted by atomic mass is 16.4. The van der Waals surface area contributed by atoms with Crippen LogP contribution < -0.4 is 0 Å². The summed E-state index contributed by atoms with van der Waals surface area (Å²) in [7, 11) is 0. The molecule has 1 N–H and O–H groups in total. The monoisotopic (exact) mass is 297 g/mol. The van der Waals surface area contributed by atoms with Crippen molar-refractivity contribution in [1.82, 2.24) is 14.8 Å². The minimum Gasteiger partial charge on any atom is -0.478 e. The van der Waals surface area contributed by atoms with Gasteiger partial charge in [-0.25, -0.2) is 14.5 Å². The van der Waals surface area contributed by atoms with Crippen molar-refractivity contribution in [3.63, 3.8) is 0 Å². The zero-order valence-electron chi connectivity index (χ0n) is 11.6. The fourth-order valence-corrected chi connectivity index (χ4v) is 2.29. The van der Waals surface area contributed by atoms with Crippen molar-refractivity contribution in [2.45, 2.75) is 6.92 Å². The Labute approximate surface area is 124 Å². The number of nitrogens with zero attached hydrogens (tertiary/aromatic N) is 3. The van der Waals surface area contributed by atoms with E-state index < -0.39 is 5.97 Å². The number of aldehydes is 1. The van der Waals surface area contributed by atoms with Crippen molar-refractivity contribution < 1.29 is 19.1 Å². The van der Waals surface area contributed by atoms with Crippen molar-refractivity contribution >= 4 is 12.3 Å². The van der Waals surface area contributed by atoms with Crippen LogP contribution >= 0.6 is 0 Å². The third-order valence-corrected chi connectivity index (χ3v) is 3.22. The van der Waals surface area contributed by atoms with E-state index in [2.05, 4.69) is 10.1 Å². The molecule has 0 spiro atoms. The molecule has 0 saturated heterocycles. The van der Waals surface area contributed by atoms with Gasteiger partial charge < -0.3 is 9.52 Å². The summed E-state index contributed by atoms with van der Waals surface area (Å²) in [5.41, 5.74) is 1.78. The summed E-state index contributed by atoms with van der Waals surface area (Å²) in [6.07, 6.45) is 3.42. The van der Waals surface area contributed by atoms with E-state index in [1.165, 1.54) is 29.5 Å². The summed E-state index contributed by atoms with van der Waals surface area (Å²) in [6.45, 7) is 1.77. The normalized spacial score (nSPS) is 10.6. The Morgan fingerprint density at radius 3 is 2.77 bits per heavy atom. The van der Waals surface area contributed by atoms with E-state index >= 15 is 0 Å². The van der Waals surface area contributed by atoms with Gasteiger partial charge in [0.15, 0.2) is 12.0 Å². The number of hydrogen-bond acceptors (Lipinski definition) is 5. The Morgan fingerprint density at radius 2 is 2.18 bits per heavy atom. The van der Waals surface area contributed by atoms with Gasteiger partial charge in [0.1, 0.15) is 18.4 Å². The minimum atomic E-state index is -1.09. The van der Waals surface area contributed by atoms with Crippen LogP contribution in [0.25, 0.3) is 17.0 Å². The van der Waals surface area contributed by atoms with Crippen LogP contribution in [0, 0.1) is 6.92 Å². The van der Waals surface area contributed by atoms with Crippen LogP contribution in [0.1, 0.15) is 26.5 Å². The number of carboxylic acids is 1. The Bertz CT molecular complexity index is 850. The first-order valence-corrected chi connectivity index (χ1v) is 6.38. The molecule has 0 radical (unpaired) electrons. The summed E-state index contributed by atoms with van der Waals surface area (Å²) in [4.78, 5) is 26.2. The molecule has 0 aliphatic rings. The number of carbonyl (C=O) groups excluding carboxylic acids is 1. The number of aromatic carboxylic acids is 1. The van der Waals surface area contributed by atoms with E-state index in [-0.39, 0.29) is 11.3 Å². The first-order chi connectivity index (χ1) is 10.6. The molecule has 0 bridgehead atoms. The first-order valence-electron chi connectivity index (χ1n) is 6.38. The summed E-state index contributed by atoms with van der Waals surface area (Å²) in [5, 5.41) is 13.5. The maximum atomic E-state index is 11.6. The fourth-order valence-electron chi connectivity index (χ4n) is 2.29. The highest BCUT2D eigenvalue weighted by molar-refractivity contribution is 5.97. The maximum Gasteiger partial charge on any atom is 0.336 e. The molecule has 0 atom stereocenters. The number of carbonyl (C=O) groups is 2. The average Bonchev–Trinajstić information content (AvgIpc) is 3.17. The topological polar surface area (TPSA) is 98.2 Å². The predicted molar refractivity (Wildman–Crippen MR) is 76.1 cm³/mol. The lowest BCUT2D eigenvalue weighted by atomic mass is 9.98. The van der Waals surface area contributed by atoms with Crippen LogP contribution in [0.3, 0.4) is 0 Å². The minimum absolute atomic E-state index is 0.0669. The Hall–Kier alpha value is -3.22. The zero-order chi connectivity index (χ0) is 15.7. The highest BCUT2D eigenvalue weighted by Gasteiger charge is 2.19. The van der Waals surface area contributed by atoms with Crippen LogP contribution in [0.4, 0.5) is 0 Å². The van der Waals surface area contributed by atoms with Gasteiger partial charge in [-0.15, -0.1) is 0 Å². The third-order valence-electron chi connectivity index (χ3n) is 3.22. The summed E-state index contributed by atoms with van der Waals surface area (Å²) in [5.74, 6) is -0.614. The Balaban J connectivity index is 2.21. The molecule has 2 aromatic heterocycles. The van der Waals surface area contributed by atoms with Crippen molar-refractivity contribution in [3.8, 4) is 17.0 Å². The number of furan rings is 1. The van der Waals surface area contributed by atoms with Crippen molar-refractivity contribution in [1.29, 1.82) is 0 Å². The zero-order valence-corrected chi connectivity index (χ0v) is 11.6. The van der Waals surface area contributed by atoms with Crippen LogP contribution in [-0.4, -0.2) is 32.1 Å². The molecule has 22 heavy (non-hydrogen) atoms. The molecule has 7 nitrogen and oxygen atoms in total. The van der Waals surface area contributed by atoms with Crippen LogP contribution in [-0.2, 0) is 0 Å². The van der Waals surface area contributed by atoms with E-state index in [4.69, 9.17) is 4.42 Å². The second kappa shape index (κ2) is 5.28. The lowest BCUT2D eigenvalue weighted by Gasteiger charge is -2.10. The van der Waals surface area contributed by atoms with Gasteiger partial charge in [-0.05, 0) is 36.8 Å². The smallest absolute Gasteiger partial charge is 0.336 e. The van der Waals surface area contributed by atoms with Crippen molar-refractivity contribution in [3.05, 3.63) is 53.8 Å². The third kappa shape index (κ3) is 2.28. The highest BCUT2D eigenvalue weighted by Crippen LogP contribution is 2.31. The number of aryl methyl sites for hydroxylation is 1. The lowest BCUT2D eigenvalue weighted by molar-refractivity contribution is 0.0697. The summed E-state index contributed by atoms with van der Waals surface area (Å²) >= 11 is 0. The van der Waals surface area contributed by atoms with Crippen molar-refractivity contribution in [2.75, 3.05) is 0 Å². The molecular formula is C15H11N3O4. The lowest BCUT2D eigenvalue weighted by Crippen LogP contribution is -2.05. The largest absolute Gasteiger partial charge is 0.478 e. The van der Waals surface area contributed by atoms with Gasteiger partial charge in [0.05, 0.1) is 11.3 Å². The Kier molecular flexibility index (Phi) is 3.30. The number of carboxylic acid groups (broad SMARTS) is 1. The summed E-state index contributed by atoms with van der Waals surface area (Å²) < 4.78 is 6.83. The van der Waals surface area contributed by atoms with Crippen LogP contribution in [0.15, 0.2) is 41.3 Å². The first kappa shape index (κ1) is 13.7. The van der Waals surface area contributed by atoms with E-state index in [9.17, 15) is 14.7 Å². The number of rotatable bonds is 4. The van der Waals surface area contributed by atoms with E-state index in [1.807, 2.05) is 0 Å². The quantitative estimate of drug-likeness (QED) is 0.742. The summed E-state index contributed by atoms with van der Waals surface area (Å²) in [6, 6.07) is 6.34. The predicted octanol–water partition coefficient (Wildman–Crippen LogP) is 2.35. The number of aromatic nitrogens is 3. The second-order valence-corrected chi connectivity index (χ2v) is 4.65. The molecule has 110 valence electrons. The number of benzene rings is 1. The van der Waals surface area contributed by atoms with Crippen LogP contribution in [0.2, 0.25) is 0 Å². The van der Waals surface area contributed by atoms with E-state index in [0.29, 0.717) is 28.9 Å². The van der Waals surface area contributed by atoms with Gasteiger partial charge in [0.2, 0.25) is 0 Å². The van der Waals surface area contributed by atoms with Gasteiger partial charge >= 0.3 is 5.97 Å². The molecule has 3 rings (SSSR count). The van der Waals surface area contributed by atoms with Crippen molar-refractivity contribution in [2.24, 2.45) is 0 Å². The molecule has 0 aliphatic carbocycles. The maximum absolute atomic E-state index is 11.6. The standard InChI is InChI=1S/C15H11N3O4/c1-9-4-10(18-8-16-7-17-18)5-12(15(20)21)14(9)13-3-2-11(6-19)22-13/h2-8H,1H3,(H,20,21). The van der Waals surface area contributed by atoms with Gasteiger partial charge in [-0.3, -0.25) is 4.79 Å². The second-order valence-electron chi connectivity index (χ2n) is 4.65. The molecular weight excluding hydrogens is 286 g/mol. The molecule has 0 unspecified atom stereocenters. The molecule has 0 saturated carbocycles. The molecule has 0 amide bonds. The molecule has 0 fully saturated rings.